The molecule has 0 spiro atoms. The van der Waals surface area contributed by atoms with Crippen LogP contribution in [0.3, 0.4) is 0 Å². The zero-order valence-corrected chi connectivity index (χ0v) is 9.60. The molecule has 1 aromatic rings. The Hall–Kier alpha value is -1.89. The SMILES string of the molecule is CCCN(CC#N)C(=O)c1ccnc(C)c1. The molecular formula is C12H15N3O. The highest BCUT2D eigenvalue weighted by atomic mass is 16.2. The summed E-state index contributed by atoms with van der Waals surface area (Å²) in [5, 5.41) is 8.66. The van der Waals surface area contributed by atoms with E-state index in [-0.39, 0.29) is 12.5 Å². The van der Waals surface area contributed by atoms with E-state index < -0.39 is 0 Å². The molecule has 0 aliphatic rings. The van der Waals surface area contributed by atoms with Crippen molar-refractivity contribution in [2.75, 3.05) is 13.1 Å². The van der Waals surface area contributed by atoms with Crippen LogP contribution in [0.5, 0.6) is 0 Å². The van der Waals surface area contributed by atoms with E-state index in [4.69, 9.17) is 5.26 Å². The molecule has 1 heterocycles. The molecule has 0 unspecified atom stereocenters. The average Bonchev–Trinajstić information content (AvgIpc) is 2.28. The molecule has 0 fully saturated rings. The molecule has 0 aliphatic carbocycles. The lowest BCUT2D eigenvalue weighted by Gasteiger charge is -2.18. The van der Waals surface area contributed by atoms with Crippen molar-refractivity contribution in [3.63, 3.8) is 0 Å². The molecular weight excluding hydrogens is 202 g/mol. The van der Waals surface area contributed by atoms with Gasteiger partial charge < -0.3 is 4.90 Å². The van der Waals surface area contributed by atoms with Crippen LogP contribution in [0.25, 0.3) is 0 Å². The molecule has 0 atom stereocenters. The first-order valence-corrected chi connectivity index (χ1v) is 5.28. The van der Waals surface area contributed by atoms with Gasteiger partial charge in [0, 0.05) is 24.0 Å². The fourth-order valence-electron chi connectivity index (χ4n) is 1.47. The monoisotopic (exact) mass is 217 g/mol. The van der Waals surface area contributed by atoms with E-state index in [1.807, 2.05) is 19.9 Å². The first kappa shape index (κ1) is 12.2. The Morgan fingerprint density at radius 3 is 2.94 bits per heavy atom. The van der Waals surface area contributed by atoms with Crippen molar-refractivity contribution in [2.24, 2.45) is 0 Å². The number of hydrogen-bond donors (Lipinski definition) is 0. The second kappa shape index (κ2) is 5.86. The molecule has 0 saturated carbocycles. The van der Waals surface area contributed by atoms with E-state index in [0.29, 0.717) is 12.1 Å². The summed E-state index contributed by atoms with van der Waals surface area (Å²) < 4.78 is 0. The van der Waals surface area contributed by atoms with Crippen LogP contribution in [0.15, 0.2) is 18.3 Å². The summed E-state index contributed by atoms with van der Waals surface area (Å²) in [5.74, 6) is -0.103. The minimum atomic E-state index is -0.103. The number of aromatic nitrogens is 1. The summed E-state index contributed by atoms with van der Waals surface area (Å²) in [6.45, 7) is 4.56. The van der Waals surface area contributed by atoms with Crippen LogP contribution in [-0.4, -0.2) is 28.9 Å². The number of pyridine rings is 1. The fraction of sp³-hybridized carbons (Fsp3) is 0.417. The molecule has 1 rings (SSSR count). The fourth-order valence-corrected chi connectivity index (χ4v) is 1.47. The van der Waals surface area contributed by atoms with Crippen LogP contribution in [0.2, 0.25) is 0 Å². The minimum absolute atomic E-state index is 0.103. The summed E-state index contributed by atoms with van der Waals surface area (Å²) in [5.41, 5.74) is 1.40. The molecule has 1 aromatic heterocycles. The Morgan fingerprint density at radius 2 is 2.38 bits per heavy atom. The molecule has 0 aromatic carbocycles. The Labute approximate surface area is 95.5 Å². The predicted molar refractivity (Wildman–Crippen MR) is 60.8 cm³/mol. The third kappa shape index (κ3) is 3.06. The van der Waals surface area contributed by atoms with Gasteiger partial charge in [-0.05, 0) is 25.5 Å². The molecule has 0 bridgehead atoms. The third-order valence-electron chi connectivity index (χ3n) is 2.19. The maximum Gasteiger partial charge on any atom is 0.254 e. The van der Waals surface area contributed by atoms with Gasteiger partial charge in [0.2, 0.25) is 0 Å². The molecule has 4 nitrogen and oxygen atoms in total. The Bertz CT molecular complexity index is 409. The van der Waals surface area contributed by atoms with Gasteiger partial charge >= 0.3 is 0 Å². The highest BCUT2D eigenvalue weighted by molar-refractivity contribution is 5.94. The molecule has 16 heavy (non-hydrogen) atoms. The van der Waals surface area contributed by atoms with Crippen LogP contribution >= 0.6 is 0 Å². The second-order valence-electron chi connectivity index (χ2n) is 3.57. The van der Waals surface area contributed by atoms with Gasteiger partial charge in [0.15, 0.2) is 0 Å². The van der Waals surface area contributed by atoms with E-state index >= 15 is 0 Å². The van der Waals surface area contributed by atoms with Gasteiger partial charge in [0.05, 0.1) is 6.07 Å². The van der Waals surface area contributed by atoms with Crippen molar-refractivity contribution in [1.82, 2.24) is 9.88 Å². The smallest absolute Gasteiger partial charge is 0.254 e. The van der Waals surface area contributed by atoms with E-state index in [2.05, 4.69) is 4.98 Å². The van der Waals surface area contributed by atoms with Gasteiger partial charge in [0.1, 0.15) is 6.54 Å². The largest absolute Gasteiger partial charge is 0.325 e. The zero-order chi connectivity index (χ0) is 12.0. The molecule has 0 N–H and O–H groups in total. The number of carbonyl (C=O) groups is 1. The summed E-state index contributed by atoms with van der Waals surface area (Å²) in [4.78, 5) is 17.6. The van der Waals surface area contributed by atoms with Gasteiger partial charge in [-0.3, -0.25) is 9.78 Å². The van der Waals surface area contributed by atoms with Gasteiger partial charge in [-0.25, -0.2) is 0 Å². The third-order valence-corrected chi connectivity index (χ3v) is 2.19. The van der Waals surface area contributed by atoms with E-state index in [0.717, 1.165) is 12.1 Å². The van der Waals surface area contributed by atoms with Crippen molar-refractivity contribution in [3.8, 4) is 6.07 Å². The van der Waals surface area contributed by atoms with Crippen molar-refractivity contribution in [2.45, 2.75) is 20.3 Å². The molecule has 4 heteroatoms. The van der Waals surface area contributed by atoms with Gasteiger partial charge in [-0.2, -0.15) is 5.26 Å². The van der Waals surface area contributed by atoms with Gasteiger partial charge in [-0.15, -0.1) is 0 Å². The predicted octanol–water partition coefficient (Wildman–Crippen LogP) is 1.77. The maximum absolute atomic E-state index is 12.0. The molecule has 1 amide bonds. The highest BCUT2D eigenvalue weighted by Crippen LogP contribution is 2.06. The standard InChI is InChI=1S/C12H15N3O/c1-3-7-15(8-5-13)12(16)11-4-6-14-10(2)9-11/h4,6,9H,3,7-8H2,1-2H3. The van der Waals surface area contributed by atoms with E-state index in [9.17, 15) is 4.79 Å². The Morgan fingerprint density at radius 1 is 1.62 bits per heavy atom. The summed E-state index contributed by atoms with van der Waals surface area (Å²) in [7, 11) is 0. The number of aryl methyl sites for hydroxylation is 1. The molecule has 0 aliphatic heterocycles. The van der Waals surface area contributed by atoms with E-state index in [1.54, 1.807) is 23.2 Å². The quantitative estimate of drug-likeness (QED) is 0.722. The number of rotatable bonds is 4. The van der Waals surface area contributed by atoms with Crippen LogP contribution < -0.4 is 0 Å². The maximum atomic E-state index is 12.0. The topological polar surface area (TPSA) is 57.0 Å². The number of hydrogen-bond acceptors (Lipinski definition) is 3. The summed E-state index contributed by atoms with van der Waals surface area (Å²) in [6, 6.07) is 5.42. The lowest BCUT2D eigenvalue weighted by Crippen LogP contribution is -2.32. The van der Waals surface area contributed by atoms with Crippen molar-refractivity contribution in [3.05, 3.63) is 29.6 Å². The second-order valence-corrected chi connectivity index (χ2v) is 3.57. The number of carbonyl (C=O) groups excluding carboxylic acids is 1. The average molecular weight is 217 g/mol. The van der Waals surface area contributed by atoms with E-state index in [1.165, 1.54) is 0 Å². The van der Waals surface area contributed by atoms with Gasteiger partial charge in [-0.1, -0.05) is 6.92 Å². The Kier molecular flexibility index (Phi) is 4.46. The highest BCUT2D eigenvalue weighted by Gasteiger charge is 2.14. The van der Waals surface area contributed by atoms with Gasteiger partial charge in [0.25, 0.3) is 5.91 Å². The summed E-state index contributed by atoms with van der Waals surface area (Å²) in [6.07, 6.45) is 2.45. The molecule has 84 valence electrons. The normalized spacial score (nSPS) is 9.56. The summed E-state index contributed by atoms with van der Waals surface area (Å²) >= 11 is 0. The van der Waals surface area contributed by atoms with Crippen molar-refractivity contribution < 1.29 is 4.79 Å². The molecule has 0 saturated heterocycles. The first-order chi connectivity index (χ1) is 7.69. The zero-order valence-electron chi connectivity index (χ0n) is 9.60. The lowest BCUT2D eigenvalue weighted by atomic mass is 10.2. The molecule has 0 radical (unpaired) electrons. The van der Waals surface area contributed by atoms with Crippen LogP contribution in [0.1, 0.15) is 29.4 Å². The van der Waals surface area contributed by atoms with Crippen LogP contribution in [0, 0.1) is 18.3 Å². The lowest BCUT2D eigenvalue weighted by molar-refractivity contribution is 0.0776. The first-order valence-electron chi connectivity index (χ1n) is 5.28. The van der Waals surface area contributed by atoms with Crippen LogP contribution in [-0.2, 0) is 0 Å². The van der Waals surface area contributed by atoms with Crippen LogP contribution in [0.4, 0.5) is 0 Å². The minimum Gasteiger partial charge on any atom is -0.325 e. The number of nitriles is 1. The van der Waals surface area contributed by atoms with Crippen molar-refractivity contribution >= 4 is 5.91 Å². The van der Waals surface area contributed by atoms with Crippen molar-refractivity contribution in [1.29, 1.82) is 5.26 Å². The number of nitrogens with zero attached hydrogens (tertiary/aromatic N) is 3. The number of amides is 1. The Balaban J connectivity index is 2.86.